The van der Waals surface area contributed by atoms with Crippen LogP contribution in [0.5, 0.6) is 0 Å². The van der Waals surface area contributed by atoms with Gasteiger partial charge in [0, 0.05) is 26.2 Å². The van der Waals surface area contributed by atoms with E-state index >= 15 is 0 Å². The number of aryl methyl sites for hydroxylation is 1. The molecule has 1 heterocycles. The zero-order valence-electron chi connectivity index (χ0n) is 17.0. The Kier molecular flexibility index (Phi) is 7.68. The number of hydrogen-bond donors (Lipinski definition) is 3. The Morgan fingerprint density at radius 1 is 0.871 bits per heavy atom. The van der Waals surface area contributed by atoms with Crippen LogP contribution in [0.2, 0.25) is 0 Å². The van der Waals surface area contributed by atoms with Gasteiger partial charge in [0.1, 0.15) is 0 Å². The largest absolute Gasteiger partial charge is 0.416 e. The van der Waals surface area contributed by atoms with Crippen molar-refractivity contribution in [3.8, 4) is 0 Å². The molecule has 5 nitrogen and oxygen atoms in total. The molecule has 3 rings (SSSR count). The minimum Gasteiger partial charge on any atom is -0.356 e. The summed E-state index contributed by atoms with van der Waals surface area (Å²) in [4.78, 5) is 25.1. The van der Waals surface area contributed by atoms with Crippen molar-refractivity contribution in [2.24, 2.45) is 11.8 Å². The molecule has 31 heavy (non-hydrogen) atoms. The van der Waals surface area contributed by atoms with Crippen molar-refractivity contribution in [1.29, 1.82) is 0 Å². The second kappa shape index (κ2) is 10.4. The second-order valence-corrected chi connectivity index (χ2v) is 7.66. The van der Waals surface area contributed by atoms with Crippen LogP contribution in [0.4, 0.5) is 13.2 Å². The molecule has 2 aromatic rings. The molecule has 166 valence electrons. The molecule has 1 saturated heterocycles. The van der Waals surface area contributed by atoms with Crippen LogP contribution in [-0.2, 0) is 28.7 Å². The van der Waals surface area contributed by atoms with E-state index < -0.39 is 23.6 Å². The quantitative estimate of drug-likeness (QED) is 0.561. The molecule has 0 aromatic heterocycles. The zero-order valence-corrected chi connectivity index (χ0v) is 17.0. The van der Waals surface area contributed by atoms with Gasteiger partial charge in [-0.25, -0.2) is 0 Å². The lowest BCUT2D eigenvalue weighted by Gasteiger charge is -2.18. The number of carbonyl (C=O) groups is 2. The van der Waals surface area contributed by atoms with Gasteiger partial charge < -0.3 is 16.0 Å². The number of halogens is 3. The van der Waals surface area contributed by atoms with E-state index in [-0.39, 0.29) is 18.4 Å². The highest BCUT2D eigenvalue weighted by atomic mass is 19.4. The second-order valence-electron chi connectivity index (χ2n) is 7.66. The van der Waals surface area contributed by atoms with Gasteiger partial charge in [0.2, 0.25) is 11.8 Å². The predicted octanol–water partition coefficient (Wildman–Crippen LogP) is 2.91. The summed E-state index contributed by atoms with van der Waals surface area (Å²) in [6.45, 7) is 1.45. The van der Waals surface area contributed by atoms with E-state index in [2.05, 4.69) is 16.0 Å². The Morgan fingerprint density at radius 3 is 2.10 bits per heavy atom. The molecule has 2 atom stereocenters. The maximum atomic E-state index is 12.6. The maximum Gasteiger partial charge on any atom is 0.416 e. The molecule has 2 amide bonds. The van der Waals surface area contributed by atoms with Gasteiger partial charge in [-0.15, -0.1) is 0 Å². The van der Waals surface area contributed by atoms with Crippen molar-refractivity contribution in [2.75, 3.05) is 19.6 Å². The zero-order chi connectivity index (χ0) is 22.3. The summed E-state index contributed by atoms with van der Waals surface area (Å²) >= 11 is 0. The Hall–Kier alpha value is -2.87. The molecular formula is C23H26F3N3O2. The Morgan fingerprint density at radius 2 is 1.48 bits per heavy atom. The molecule has 0 bridgehead atoms. The van der Waals surface area contributed by atoms with Crippen molar-refractivity contribution < 1.29 is 22.8 Å². The molecule has 3 N–H and O–H groups in total. The summed E-state index contributed by atoms with van der Waals surface area (Å²) in [5, 5.41) is 8.72. The van der Waals surface area contributed by atoms with Crippen LogP contribution in [0, 0.1) is 11.8 Å². The predicted molar refractivity (Wildman–Crippen MR) is 111 cm³/mol. The Labute approximate surface area is 179 Å². The van der Waals surface area contributed by atoms with E-state index in [9.17, 15) is 22.8 Å². The Bertz CT molecular complexity index is 870. The minimum atomic E-state index is -4.39. The number of hydrogen-bond acceptors (Lipinski definition) is 3. The highest BCUT2D eigenvalue weighted by molar-refractivity contribution is 5.88. The van der Waals surface area contributed by atoms with E-state index in [4.69, 9.17) is 0 Å². The minimum absolute atomic E-state index is 0.110. The van der Waals surface area contributed by atoms with E-state index in [1.54, 1.807) is 0 Å². The Balaban J connectivity index is 1.44. The number of rotatable bonds is 8. The summed E-state index contributed by atoms with van der Waals surface area (Å²) < 4.78 is 37.9. The van der Waals surface area contributed by atoms with Gasteiger partial charge in [-0.05, 0) is 36.1 Å². The fourth-order valence-corrected chi connectivity index (χ4v) is 3.64. The molecule has 1 aliphatic heterocycles. The molecular weight excluding hydrogens is 407 g/mol. The maximum absolute atomic E-state index is 12.6. The van der Waals surface area contributed by atoms with Crippen molar-refractivity contribution in [1.82, 2.24) is 16.0 Å². The highest BCUT2D eigenvalue weighted by Gasteiger charge is 2.37. The number of amides is 2. The third kappa shape index (κ3) is 6.55. The van der Waals surface area contributed by atoms with Gasteiger partial charge in [-0.2, -0.15) is 13.2 Å². The van der Waals surface area contributed by atoms with Crippen molar-refractivity contribution in [3.63, 3.8) is 0 Å². The summed E-state index contributed by atoms with van der Waals surface area (Å²) in [6.07, 6.45) is -2.72. The van der Waals surface area contributed by atoms with Crippen molar-refractivity contribution in [2.45, 2.75) is 25.6 Å². The summed E-state index contributed by atoms with van der Waals surface area (Å²) in [5.74, 6) is -1.42. The average molecular weight is 433 g/mol. The molecule has 1 fully saturated rings. The molecule has 8 heteroatoms. The third-order valence-corrected chi connectivity index (χ3v) is 5.42. The van der Waals surface area contributed by atoms with Crippen LogP contribution in [-0.4, -0.2) is 31.4 Å². The standard InChI is InChI=1S/C23H26F3N3O2/c24-23(25,26)18-10-8-17(9-11-18)13-29-22(31)20-15-27-14-19(20)21(30)28-12-4-7-16-5-2-1-3-6-16/h1-3,5-6,8-11,19-20,27H,4,7,12-15H2,(H,28,30)(H,29,31)/t19-,20+/m0/s1. The molecule has 0 radical (unpaired) electrons. The number of nitrogens with one attached hydrogen (secondary N) is 3. The van der Waals surface area contributed by atoms with Gasteiger partial charge in [0.15, 0.2) is 0 Å². The number of benzene rings is 2. The van der Waals surface area contributed by atoms with Crippen LogP contribution in [0.3, 0.4) is 0 Å². The van der Waals surface area contributed by atoms with Crippen molar-refractivity contribution in [3.05, 3.63) is 71.3 Å². The first-order chi connectivity index (χ1) is 14.8. The normalized spacial score (nSPS) is 18.5. The third-order valence-electron chi connectivity index (χ3n) is 5.42. The van der Waals surface area contributed by atoms with Crippen LogP contribution in [0.25, 0.3) is 0 Å². The van der Waals surface area contributed by atoms with E-state index in [1.807, 2.05) is 30.3 Å². The van der Waals surface area contributed by atoms with Crippen LogP contribution >= 0.6 is 0 Å². The van der Waals surface area contributed by atoms with Gasteiger partial charge in [0.25, 0.3) is 0 Å². The van der Waals surface area contributed by atoms with Crippen LogP contribution in [0.15, 0.2) is 54.6 Å². The fourth-order valence-electron chi connectivity index (χ4n) is 3.64. The average Bonchev–Trinajstić information content (AvgIpc) is 3.25. The van der Waals surface area contributed by atoms with Crippen molar-refractivity contribution >= 4 is 11.8 Å². The lowest BCUT2D eigenvalue weighted by molar-refractivity contribution is -0.137. The first kappa shape index (κ1) is 22.8. The number of carbonyl (C=O) groups excluding carboxylic acids is 2. The van der Waals surface area contributed by atoms with Gasteiger partial charge >= 0.3 is 6.18 Å². The molecule has 0 saturated carbocycles. The lowest BCUT2D eigenvalue weighted by atomic mass is 9.94. The highest BCUT2D eigenvalue weighted by Crippen LogP contribution is 2.29. The summed E-state index contributed by atoms with van der Waals surface area (Å²) in [5.41, 5.74) is 1.04. The van der Waals surface area contributed by atoms with Gasteiger partial charge in [-0.3, -0.25) is 9.59 Å². The van der Waals surface area contributed by atoms with Gasteiger partial charge in [0.05, 0.1) is 17.4 Å². The van der Waals surface area contributed by atoms with E-state index in [1.165, 1.54) is 17.7 Å². The topological polar surface area (TPSA) is 70.2 Å². The molecule has 0 aliphatic carbocycles. The first-order valence-corrected chi connectivity index (χ1v) is 10.3. The molecule has 1 aliphatic rings. The molecule has 0 unspecified atom stereocenters. The first-order valence-electron chi connectivity index (χ1n) is 10.3. The monoisotopic (exact) mass is 433 g/mol. The SMILES string of the molecule is O=C(NCCCc1ccccc1)[C@H]1CNC[C@H]1C(=O)NCc1ccc(C(F)(F)F)cc1. The summed E-state index contributed by atoms with van der Waals surface area (Å²) in [7, 11) is 0. The van der Waals surface area contributed by atoms with Crippen LogP contribution < -0.4 is 16.0 Å². The smallest absolute Gasteiger partial charge is 0.356 e. The fraction of sp³-hybridized carbons (Fsp3) is 0.391. The number of alkyl halides is 3. The van der Waals surface area contributed by atoms with Crippen LogP contribution in [0.1, 0.15) is 23.1 Å². The molecule has 0 spiro atoms. The summed E-state index contributed by atoms with van der Waals surface area (Å²) in [6, 6.07) is 14.7. The lowest BCUT2D eigenvalue weighted by Crippen LogP contribution is -2.41. The van der Waals surface area contributed by atoms with Gasteiger partial charge in [-0.1, -0.05) is 42.5 Å². The molecule has 2 aromatic carbocycles. The van der Waals surface area contributed by atoms with E-state index in [0.717, 1.165) is 25.0 Å². The van der Waals surface area contributed by atoms with E-state index in [0.29, 0.717) is 25.2 Å².